The number of nitrogens with one attached hydrogen (secondary N) is 1. The van der Waals surface area contributed by atoms with Gasteiger partial charge in [-0.25, -0.2) is 0 Å². The number of nitrogens with zero attached hydrogens (tertiary/aromatic N) is 1. The Kier molecular flexibility index (Phi) is 4.19. The number of hydrogen-bond acceptors (Lipinski definition) is 4. The van der Waals surface area contributed by atoms with Crippen LogP contribution in [0.5, 0.6) is 0 Å². The molecule has 0 amide bonds. The molecule has 2 rings (SSSR count). The lowest BCUT2D eigenvalue weighted by Gasteiger charge is -2.37. The summed E-state index contributed by atoms with van der Waals surface area (Å²) in [5.41, 5.74) is -0.0352. The van der Waals surface area contributed by atoms with Crippen LogP contribution >= 0.6 is 0 Å². The fraction of sp³-hybridized carbons (Fsp3) is 1.00. The summed E-state index contributed by atoms with van der Waals surface area (Å²) < 4.78 is 11.1. The molecule has 2 aliphatic rings. The molecule has 94 valence electrons. The number of likely N-dealkylation sites (tertiary alicyclic amines) is 1. The predicted octanol–water partition coefficient (Wildman–Crippen LogP) is 0.476. The van der Waals surface area contributed by atoms with Gasteiger partial charge in [-0.2, -0.15) is 0 Å². The van der Waals surface area contributed by atoms with E-state index in [-0.39, 0.29) is 5.60 Å². The van der Waals surface area contributed by atoms with Gasteiger partial charge in [0.05, 0.1) is 6.61 Å². The molecular formula is C12H24N2O2. The molecule has 2 saturated heterocycles. The van der Waals surface area contributed by atoms with Gasteiger partial charge >= 0.3 is 0 Å². The van der Waals surface area contributed by atoms with Crippen LogP contribution in [0.3, 0.4) is 0 Å². The fourth-order valence-corrected chi connectivity index (χ4v) is 2.73. The van der Waals surface area contributed by atoms with Crippen LogP contribution in [0.1, 0.15) is 19.3 Å². The second kappa shape index (κ2) is 5.45. The molecule has 1 unspecified atom stereocenters. The summed E-state index contributed by atoms with van der Waals surface area (Å²) in [6.07, 6.45) is 3.53. The van der Waals surface area contributed by atoms with E-state index in [1.54, 1.807) is 0 Å². The Morgan fingerprint density at radius 2 is 2.19 bits per heavy atom. The molecule has 0 aromatic carbocycles. The SMILES string of the molecule is CNC1CCN(CC2(OC)CCOC2)CC1. The molecule has 0 radical (unpaired) electrons. The van der Waals surface area contributed by atoms with Gasteiger partial charge < -0.3 is 19.7 Å². The van der Waals surface area contributed by atoms with E-state index in [0.717, 1.165) is 26.2 Å². The molecule has 1 N–H and O–H groups in total. The molecule has 2 fully saturated rings. The third kappa shape index (κ3) is 2.74. The highest BCUT2D eigenvalue weighted by atomic mass is 16.5. The maximum atomic E-state index is 5.67. The van der Waals surface area contributed by atoms with Crippen LogP contribution in [0, 0.1) is 0 Å². The van der Waals surface area contributed by atoms with E-state index in [0.29, 0.717) is 6.04 Å². The van der Waals surface area contributed by atoms with Gasteiger partial charge in [0.2, 0.25) is 0 Å². The lowest BCUT2D eigenvalue weighted by atomic mass is 9.99. The van der Waals surface area contributed by atoms with Crippen molar-refractivity contribution in [3.8, 4) is 0 Å². The zero-order valence-corrected chi connectivity index (χ0v) is 10.5. The highest BCUT2D eigenvalue weighted by Gasteiger charge is 2.37. The molecule has 4 heteroatoms. The molecule has 16 heavy (non-hydrogen) atoms. The molecule has 0 bridgehead atoms. The topological polar surface area (TPSA) is 33.7 Å². The number of rotatable bonds is 4. The smallest absolute Gasteiger partial charge is 0.106 e. The van der Waals surface area contributed by atoms with E-state index in [2.05, 4.69) is 17.3 Å². The van der Waals surface area contributed by atoms with Crippen molar-refractivity contribution < 1.29 is 9.47 Å². The Bertz CT molecular complexity index is 209. The average molecular weight is 228 g/mol. The quantitative estimate of drug-likeness (QED) is 0.758. The first-order valence-electron chi connectivity index (χ1n) is 6.30. The largest absolute Gasteiger partial charge is 0.378 e. The van der Waals surface area contributed by atoms with Crippen LogP contribution in [-0.2, 0) is 9.47 Å². The lowest BCUT2D eigenvalue weighted by molar-refractivity contribution is -0.0446. The minimum Gasteiger partial charge on any atom is -0.378 e. The molecule has 1 atom stereocenters. The Labute approximate surface area is 98.3 Å². The molecular weight excluding hydrogens is 204 g/mol. The minimum absolute atomic E-state index is 0.0352. The summed E-state index contributed by atoms with van der Waals surface area (Å²) in [5.74, 6) is 0. The van der Waals surface area contributed by atoms with Gasteiger partial charge in [0.15, 0.2) is 0 Å². The highest BCUT2D eigenvalue weighted by molar-refractivity contribution is 4.89. The second-order valence-electron chi connectivity index (χ2n) is 5.03. The van der Waals surface area contributed by atoms with E-state index in [4.69, 9.17) is 9.47 Å². The third-order valence-corrected chi connectivity index (χ3v) is 4.01. The van der Waals surface area contributed by atoms with Crippen molar-refractivity contribution >= 4 is 0 Å². The Balaban J connectivity index is 1.81. The summed E-state index contributed by atoms with van der Waals surface area (Å²) in [4.78, 5) is 2.52. The third-order valence-electron chi connectivity index (χ3n) is 4.01. The molecule has 2 heterocycles. The van der Waals surface area contributed by atoms with Crippen molar-refractivity contribution in [2.45, 2.75) is 30.9 Å². The predicted molar refractivity (Wildman–Crippen MR) is 63.7 cm³/mol. The van der Waals surface area contributed by atoms with Gasteiger partial charge in [0, 0.05) is 32.7 Å². The lowest BCUT2D eigenvalue weighted by Crippen LogP contribution is -2.49. The molecule has 0 aromatic rings. The number of hydrogen-bond donors (Lipinski definition) is 1. The van der Waals surface area contributed by atoms with Gasteiger partial charge in [0.1, 0.15) is 5.60 Å². The highest BCUT2D eigenvalue weighted by Crippen LogP contribution is 2.25. The van der Waals surface area contributed by atoms with Crippen molar-refractivity contribution in [2.24, 2.45) is 0 Å². The molecule has 2 aliphatic heterocycles. The normalized spacial score (nSPS) is 33.4. The summed E-state index contributed by atoms with van der Waals surface area (Å²) >= 11 is 0. The Morgan fingerprint density at radius 3 is 2.69 bits per heavy atom. The van der Waals surface area contributed by atoms with E-state index in [1.807, 2.05) is 7.11 Å². The van der Waals surface area contributed by atoms with E-state index < -0.39 is 0 Å². The van der Waals surface area contributed by atoms with Gasteiger partial charge in [-0.1, -0.05) is 0 Å². The first-order chi connectivity index (χ1) is 7.78. The number of ether oxygens (including phenoxy) is 2. The fourth-order valence-electron chi connectivity index (χ4n) is 2.73. The molecule has 0 saturated carbocycles. The van der Waals surface area contributed by atoms with Crippen LogP contribution in [0.15, 0.2) is 0 Å². The molecule has 0 spiro atoms. The minimum atomic E-state index is -0.0352. The van der Waals surface area contributed by atoms with Crippen LogP contribution in [0.25, 0.3) is 0 Å². The van der Waals surface area contributed by atoms with E-state index >= 15 is 0 Å². The van der Waals surface area contributed by atoms with Crippen molar-refractivity contribution in [2.75, 3.05) is 47.0 Å². The van der Waals surface area contributed by atoms with Crippen LogP contribution in [0.2, 0.25) is 0 Å². The summed E-state index contributed by atoms with van der Waals surface area (Å²) in [6, 6.07) is 0.703. The Hall–Kier alpha value is -0.160. The van der Waals surface area contributed by atoms with Gasteiger partial charge in [0.25, 0.3) is 0 Å². The zero-order valence-electron chi connectivity index (χ0n) is 10.5. The standard InChI is InChI=1S/C12H24N2O2/c1-13-11-3-6-14(7-4-11)9-12(15-2)5-8-16-10-12/h11,13H,3-10H2,1-2H3. The number of piperidine rings is 1. The maximum absolute atomic E-state index is 5.67. The van der Waals surface area contributed by atoms with Crippen LogP contribution in [0.4, 0.5) is 0 Å². The van der Waals surface area contributed by atoms with E-state index in [9.17, 15) is 0 Å². The maximum Gasteiger partial charge on any atom is 0.106 e. The van der Waals surface area contributed by atoms with Gasteiger partial charge in [-0.15, -0.1) is 0 Å². The van der Waals surface area contributed by atoms with Crippen molar-refractivity contribution in [3.05, 3.63) is 0 Å². The number of methoxy groups -OCH3 is 1. The first kappa shape index (κ1) is 12.3. The van der Waals surface area contributed by atoms with Gasteiger partial charge in [-0.05, 0) is 33.0 Å². The molecule has 0 aliphatic carbocycles. The zero-order chi connectivity index (χ0) is 11.4. The monoisotopic (exact) mass is 228 g/mol. The first-order valence-corrected chi connectivity index (χ1v) is 6.30. The van der Waals surface area contributed by atoms with Crippen LogP contribution in [-0.4, -0.2) is 63.5 Å². The summed E-state index contributed by atoms with van der Waals surface area (Å²) in [6.45, 7) is 4.99. The van der Waals surface area contributed by atoms with Crippen molar-refractivity contribution in [1.82, 2.24) is 10.2 Å². The Morgan fingerprint density at radius 1 is 1.44 bits per heavy atom. The van der Waals surface area contributed by atoms with Crippen LogP contribution < -0.4 is 5.32 Å². The van der Waals surface area contributed by atoms with Crippen molar-refractivity contribution in [1.29, 1.82) is 0 Å². The van der Waals surface area contributed by atoms with Crippen molar-refractivity contribution in [3.63, 3.8) is 0 Å². The van der Waals surface area contributed by atoms with Gasteiger partial charge in [-0.3, -0.25) is 0 Å². The van der Waals surface area contributed by atoms with E-state index in [1.165, 1.54) is 25.9 Å². The molecule has 4 nitrogen and oxygen atoms in total. The molecule has 0 aromatic heterocycles. The second-order valence-corrected chi connectivity index (χ2v) is 5.03. The summed E-state index contributed by atoms with van der Waals surface area (Å²) in [5, 5.41) is 3.36. The average Bonchev–Trinajstić information content (AvgIpc) is 2.79. The summed E-state index contributed by atoms with van der Waals surface area (Å²) in [7, 11) is 3.87.